The van der Waals surface area contributed by atoms with Crippen LogP contribution in [0.3, 0.4) is 0 Å². The minimum absolute atomic E-state index is 0.369. The molecule has 0 aromatic rings. The molecule has 0 bridgehead atoms. The second kappa shape index (κ2) is 5.71. The predicted molar refractivity (Wildman–Crippen MR) is 74.3 cm³/mol. The number of rotatable bonds is 3. The van der Waals surface area contributed by atoms with Crippen LogP contribution in [-0.2, 0) is 0 Å². The molecule has 2 rings (SSSR count). The van der Waals surface area contributed by atoms with Crippen molar-refractivity contribution in [2.24, 2.45) is 5.92 Å². The predicted octanol–water partition coefficient (Wildman–Crippen LogP) is 3.03. The Hall–Kier alpha value is -0.0800. The lowest BCUT2D eigenvalue weighted by Gasteiger charge is -2.42. The molecular formula is C15H30N2. The van der Waals surface area contributed by atoms with E-state index in [0.717, 1.165) is 12.0 Å². The summed E-state index contributed by atoms with van der Waals surface area (Å²) in [5.41, 5.74) is 0.369. The average Bonchev–Trinajstić information content (AvgIpc) is 2.29. The van der Waals surface area contributed by atoms with Crippen molar-refractivity contribution >= 4 is 0 Å². The third kappa shape index (κ3) is 3.69. The van der Waals surface area contributed by atoms with Crippen LogP contribution >= 0.6 is 0 Å². The molecule has 1 aliphatic heterocycles. The van der Waals surface area contributed by atoms with Gasteiger partial charge in [-0.25, -0.2) is 0 Å². The van der Waals surface area contributed by atoms with Gasteiger partial charge in [0.2, 0.25) is 0 Å². The van der Waals surface area contributed by atoms with E-state index in [1.54, 1.807) is 0 Å². The monoisotopic (exact) mass is 238 g/mol. The van der Waals surface area contributed by atoms with Crippen LogP contribution < -0.4 is 5.32 Å². The molecular weight excluding hydrogens is 208 g/mol. The Kier molecular flexibility index (Phi) is 4.48. The van der Waals surface area contributed by atoms with Gasteiger partial charge in [-0.1, -0.05) is 26.2 Å². The first-order valence-corrected chi connectivity index (χ1v) is 7.54. The Morgan fingerprint density at radius 1 is 1.24 bits per heavy atom. The summed E-state index contributed by atoms with van der Waals surface area (Å²) in [4.78, 5) is 2.63. The highest BCUT2D eigenvalue weighted by Gasteiger charge is 2.31. The number of hydrogen-bond donors (Lipinski definition) is 1. The quantitative estimate of drug-likeness (QED) is 0.813. The Bertz CT molecular complexity index is 233. The van der Waals surface area contributed by atoms with Crippen LogP contribution in [0.2, 0.25) is 0 Å². The van der Waals surface area contributed by atoms with Crippen molar-refractivity contribution in [3.8, 4) is 0 Å². The molecule has 3 unspecified atom stereocenters. The smallest absolute Gasteiger partial charge is 0.0280 e. The van der Waals surface area contributed by atoms with Gasteiger partial charge in [-0.05, 0) is 52.1 Å². The fraction of sp³-hybridized carbons (Fsp3) is 1.00. The van der Waals surface area contributed by atoms with Crippen LogP contribution in [0.25, 0.3) is 0 Å². The zero-order valence-electron chi connectivity index (χ0n) is 12.0. The van der Waals surface area contributed by atoms with Gasteiger partial charge in [0.25, 0.3) is 0 Å². The van der Waals surface area contributed by atoms with Crippen molar-refractivity contribution in [2.75, 3.05) is 20.1 Å². The molecule has 2 heteroatoms. The maximum Gasteiger partial charge on any atom is 0.0280 e. The van der Waals surface area contributed by atoms with E-state index >= 15 is 0 Å². The molecule has 1 saturated carbocycles. The summed E-state index contributed by atoms with van der Waals surface area (Å²) < 4.78 is 0. The largest absolute Gasteiger partial charge is 0.310 e. The van der Waals surface area contributed by atoms with E-state index in [0.29, 0.717) is 5.54 Å². The highest BCUT2D eigenvalue weighted by atomic mass is 15.2. The molecule has 0 aromatic heterocycles. The van der Waals surface area contributed by atoms with Gasteiger partial charge in [0.15, 0.2) is 0 Å². The first-order valence-electron chi connectivity index (χ1n) is 7.54. The summed E-state index contributed by atoms with van der Waals surface area (Å²) in [6.45, 7) is 7.27. The van der Waals surface area contributed by atoms with Gasteiger partial charge in [-0.3, -0.25) is 0 Å². The Morgan fingerprint density at radius 3 is 2.71 bits per heavy atom. The lowest BCUT2D eigenvalue weighted by Crippen LogP contribution is -2.55. The van der Waals surface area contributed by atoms with Gasteiger partial charge in [0.05, 0.1) is 0 Å². The van der Waals surface area contributed by atoms with Crippen LogP contribution in [0.5, 0.6) is 0 Å². The van der Waals surface area contributed by atoms with Crippen LogP contribution in [-0.4, -0.2) is 36.6 Å². The fourth-order valence-corrected chi connectivity index (χ4v) is 3.74. The highest BCUT2D eigenvalue weighted by molar-refractivity contribution is 4.91. The summed E-state index contributed by atoms with van der Waals surface area (Å²) in [5.74, 6) is 0.934. The molecule has 17 heavy (non-hydrogen) atoms. The number of piperidine rings is 1. The third-order valence-corrected chi connectivity index (χ3v) is 4.84. The van der Waals surface area contributed by atoms with E-state index in [1.165, 1.54) is 58.0 Å². The topological polar surface area (TPSA) is 15.3 Å². The van der Waals surface area contributed by atoms with Crippen molar-refractivity contribution < 1.29 is 0 Å². The molecule has 2 fully saturated rings. The lowest BCUT2D eigenvalue weighted by atomic mass is 9.84. The third-order valence-electron chi connectivity index (χ3n) is 4.84. The summed E-state index contributed by atoms with van der Waals surface area (Å²) in [6, 6.07) is 0.833. The first-order chi connectivity index (χ1) is 8.09. The van der Waals surface area contributed by atoms with E-state index < -0.39 is 0 Å². The zero-order valence-corrected chi connectivity index (χ0v) is 12.0. The van der Waals surface area contributed by atoms with Crippen molar-refractivity contribution in [3.05, 3.63) is 0 Å². The van der Waals surface area contributed by atoms with Gasteiger partial charge in [0, 0.05) is 18.1 Å². The molecule has 2 nitrogen and oxygen atoms in total. The molecule has 2 aliphatic rings. The maximum atomic E-state index is 3.74. The molecule has 1 N–H and O–H groups in total. The Balaban J connectivity index is 1.84. The number of nitrogens with zero attached hydrogens (tertiary/aromatic N) is 1. The molecule has 0 amide bonds. The van der Waals surface area contributed by atoms with Gasteiger partial charge in [-0.2, -0.15) is 0 Å². The normalized spacial score (nSPS) is 39.5. The standard InChI is InChI=1S/C15H30N2/c1-13-7-6-8-14(11-13)17(3)12-15(2)9-4-5-10-16-15/h13-14,16H,4-12H2,1-3H3. The van der Waals surface area contributed by atoms with E-state index in [9.17, 15) is 0 Å². The number of hydrogen-bond acceptors (Lipinski definition) is 2. The lowest BCUT2D eigenvalue weighted by molar-refractivity contribution is 0.113. The minimum atomic E-state index is 0.369. The van der Waals surface area contributed by atoms with E-state index in [1.807, 2.05) is 0 Å². The van der Waals surface area contributed by atoms with Crippen LogP contribution in [0.1, 0.15) is 58.8 Å². The molecule has 1 aliphatic carbocycles. The fourth-order valence-electron chi connectivity index (χ4n) is 3.74. The molecule has 0 aromatic carbocycles. The van der Waals surface area contributed by atoms with Gasteiger partial charge >= 0.3 is 0 Å². The number of likely N-dealkylation sites (N-methyl/N-ethyl adjacent to an activating group) is 1. The summed E-state index contributed by atoms with van der Waals surface area (Å²) >= 11 is 0. The van der Waals surface area contributed by atoms with Crippen LogP contribution in [0.4, 0.5) is 0 Å². The second-order valence-corrected chi connectivity index (χ2v) is 6.79. The van der Waals surface area contributed by atoms with Crippen molar-refractivity contribution in [1.29, 1.82) is 0 Å². The molecule has 1 heterocycles. The van der Waals surface area contributed by atoms with E-state index in [-0.39, 0.29) is 0 Å². The zero-order chi connectivity index (χ0) is 12.3. The highest BCUT2D eigenvalue weighted by Crippen LogP contribution is 2.28. The maximum absolute atomic E-state index is 3.74. The van der Waals surface area contributed by atoms with E-state index in [4.69, 9.17) is 0 Å². The van der Waals surface area contributed by atoms with Gasteiger partial charge < -0.3 is 10.2 Å². The minimum Gasteiger partial charge on any atom is -0.310 e. The summed E-state index contributed by atoms with van der Waals surface area (Å²) in [7, 11) is 2.34. The molecule has 100 valence electrons. The second-order valence-electron chi connectivity index (χ2n) is 6.79. The molecule has 0 radical (unpaired) electrons. The van der Waals surface area contributed by atoms with Crippen LogP contribution in [0.15, 0.2) is 0 Å². The summed E-state index contributed by atoms with van der Waals surface area (Å²) in [6.07, 6.45) is 9.81. The number of nitrogens with one attached hydrogen (secondary N) is 1. The Morgan fingerprint density at radius 2 is 2.06 bits per heavy atom. The van der Waals surface area contributed by atoms with Gasteiger partial charge in [0.1, 0.15) is 0 Å². The molecule has 1 saturated heterocycles. The van der Waals surface area contributed by atoms with Crippen molar-refractivity contribution in [3.63, 3.8) is 0 Å². The first kappa shape index (κ1) is 13.4. The summed E-state index contributed by atoms with van der Waals surface area (Å²) in [5, 5.41) is 3.74. The van der Waals surface area contributed by atoms with Crippen molar-refractivity contribution in [2.45, 2.75) is 70.4 Å². The van der Waals surface area contributed by atoms with Crippen molar-refractivity contribution in [1.82, 2.24) is 10.2 Å². The molecule has 0 spiro atoms. The van der Waals surface area contributed by atoms with Crippen LogP contribution in [0, 0.1) is 5.92 Å². The molecule has 3 atom stereocenters. The van der Waals surface area contributed by atoms with E-state index in [2.05, 4.69) is 31.1 Å². The Labute approximate surface area is 107 Å². The SMILES string of the molecule is CC1CCCC(N(C)CC2(C)CCCCN2)C1. The van der Waals surface area contributed by atoms with Gasteiger partial charge in [-0.15, -0.1) is 0 Å². The average molecular weight is 238 g/mol.